The number of hydrogen-bond acceptors (Lipinski definition) is 8. The van der Waals surface area contributed by atoms with Crippen LogP contribution in [0.3, 0.4) is 0 Å². The summed E-state index contributed by atoms with van der Waals surface area (Å²) in [6, 6.07) is 15.2. The number of carbonyl (C=O) groups excluding carboxylic acids is 2. The molecule has 0 bridgehead atoms. The van der Waals surface area contributed by atoms with E-state index >= 15 is 0 Å². The summed E-state index contributed by atoms with van der Waals surface area (Å²) in [6.07, 6.45) is -0.659. The predicted molar refractivity (Wildman–Crippen MR) is 164 cm³/mol. The summed E-state index contributed by atoms with van der Waals surface area (Å²) in [5, 5.41) is 12.8. The van der Waals surface area contributed by atoms with Crippen LogP contribution in [0.15, 0.2) is 65.6 Å². The van der Waals surface area contributed by atoms with Crippen molar-refractivity contribution in [1.29, 1.82) is 0 Å². The number of aliphatic hydroxyl groups is 1. The molecule has 3 atom stereocenters. The molecule has 3 aromatic rings. The van der Waals surface area contributed by atoms with Gasteiger partial charge in [0.25, 0.3) is 15.9 Å². The van der Waals surface area contributed by atoms with Crippen LogP contribution in [0.1, 0.15) is 29.8 Å². The third-order valence-corrected chi connectivity index (χ3v) is 9.07. The van der Waals surface area contributed by atoms with E-state index < -0.39 is 34.1 Å². The Balaban J connectivity index is 1.44. The molecule has 0 saturated heterocycles. The van der Waals surface area contributed by atoms with Gasteiger partial charge in [0.1, 0.15) is 6.10 Å². The maximum atomic E-state index is 13.7. The number of aryl methyl sites for hydroxylation is 1. The molecule has 0 fully saturated rings. The molecule has 3 N–H and O–H groups in total. The molecule has 234 valence electrons. The number of sulfonamides is 1. The van der Waals surface area contributed by atoms with Crippen molar-refractivity contribution in [3.05, 3.63) is 71.8 Å². The fourth-order valence-corrected chi connectivity index (χ4v) is 6.07. The molecule has 12 nitrogen and oxygen atoms in total. The van der Waals surface area contributed by atoms with Gasteiger partial charge in [-0.25, -0.2) is 13.2 Å². The highest BCUT2D eigenvalue weighted by atomic mass is 32.2. The lowest BCUT2D eigenvalue weighted by molar-refractivity contribution is 0.0373. The number of hydrogen-bond donors (Lipinski definition) is 3. The number of urea groups is 1. The highest BCUT2D eigenvalue weighted by molar-refractivity contribution is 7.92. The minimum Gasteiger partial charge on any atom is -0.485 e. The Morgan fingerprint density at radius 1 is 1.11 bits per heavy atom. The zero-order valence-corrected chi connectivity index (χ0v) is 25.8. The summed E-state index contributed by atoms with van der Waals surface area (Å²) in [5.74, 6) is 0.449. The Morgan fingerprint density at radius 3 is 2.57 bits per heavy atom. The van der Waals surface area contributed by atoms with E-state index in [-0.39, 0.29) is 54.3 Å². The van der Waals surface area contributed by atoms with Gasteiger partial charge in [0, 0.05) is 31.3 Å². The smallest absolute Gasteiger partial charge is 0.321 e. The van der Waals surface area contributed by atoms with Crippen molar-refractivity contribution in [1.82, 2.24) is 9.80 Å². The van der Waals surface area contributed by atoms with Gasteiger partial charge in [-0.3, -0.25) is 9.52 Å². The van der Waals surface area contributed by atoms with Crippen LogP contribution in [0.5, 0.6) is 17.2 Å². The number of anilines is 2. The SMILES string of the molecule is Cc1ccc(S(=O)(=O)Nc2cccc3c2O[C@H](CN(C)C(=O)Nc2ccc4c(c2)OCO4)[C@@H](C)CN([C@H](C)CO)C3=O)cc1. The summed E-state index contributed by atoms with van der Waals surface area (Å²) in [7, 11) is -2.42. The number of ether oxygens (including phenoxy) is 3. The molecule has 0 radical (unpaired) electrons. The summed E-state index contributed by atoms with van der Waals surface area (Å²) in [4.78, 5) is 30.0. The van der Waals surface area contributed by atoms with E-state index in [9.17, 15) is 23.1 Å². The molecule has 0 aromatic heterocycles. The lowest BCUT2D eigenvalue weighted by Gasteiger charge is -2.38. The van der Waals surface area contributed by atoms with Gasteiger partial charge in [-0.05, 0) is 50.2 Å². The number of para-hydroxylation sites is 1. The number of aliphatic hydroxyl groups excluding tert-OH is 1. The Kier molecular flexibility index (Phi) is 8.88. The Hall–Kier alpha value is -4.49. The highest BCUT2D eigenvalue weighted by Gasteiger charge is 2.35. The predicted octanol–water partition coefficient (Wildman–Crippen LogP) is 3.91. The van der Waals surface area contributed by atoms with E-state index in [2.05, 4.69) is 10.0 Å². The molecule has 2 aliphatic heterocycles. The number of nitrogens with zero attached hydrogens (tertiary/aromatic N) is 2. The van der Waals surface area contributed by atoms with Gasteiger partial charge in [0.2, 0.25) is 6.79 Å². The molecule has 0 unspecified atom stereocenters. The first-order chi connectivity index (χ1) is 21.0. The second kappa shape index (κ2) is 12.6. The first-order valence-electron chi connectivity index (χ1n) is 14.2. The molecule has 3 amide bonds. The van der Waals surface area contributed by atoms with E-state index in [0.29, 0.717) is 17.2 Å². The maximum Gasteiger partial charge on any atom is 0.321 e. The van der Waals surface area contributed by atoms with Gasteiger partial charge in [-0.15, -0.1) is 0 Å². The Morgan fingerprint density at radius 2 is 1.84 bits per heavy atom. The number of carbonyl (C=O) groups is 2. The minimum absolute atomic E-state index is 0.0458. The Labute approximate surface area is 256 Å². The average Bonchev–Trinajstić information content (AvgIpc) is 3.47. The number of fused-ring (bicyclic) bond motifs is 2. The van der Waals surface area contributed by atoms with E-state index in [1.54, 1.807) is 61.3 Å². The van der Waals surface area contributed by atoms with E-state index in [1.165, 1.54) is 23.1 Å². The standard InChI is InChI=1S/C31H36N4O8S/c1-19-8-11-23(12-9-19)44(39,40)33-25-7-5-6-24-29(25)43-28(20(2)15-35(30(24)37)21(3)17-36)16-34(4)31(38)32-22-10-13-26-27(14-22)42-18-41-26/h5-14,20-21,28,33,36H,15-18H2,1-4H3,(H,32,38)/t20-,21+,28+/m0/s1. The third kappa shape index (κ3) is 6.53. The molecule has 0 aliphatic carbocycles. The Bertz CT molecular complexity index is 1650. The van der Waals surface area contributed by atoms with Crippen LogP contribution in [0, 0.1) is 12.8 Å². The molecule has 2 heterocycles. The van der Waals surface area contributed by atoms with Gasteiger partial charge < -0.3 is 34.4 Å². The molecular weight excluding hydrogens is 588 g/mol. The van der Waals surface area contributed by atoms with Crippen LogP contribution in [0.4, 0.5) is 16.2 Å². The van der Waals surface area contributed by atoms with Crippen LogP contribution in [-0.2, 0) is 10.0 Å². The molecule has 13 heteroatoms. The highest BCUT2D eigenvalue weighted by Crippen LogP contribution is 2.37. The molecule has 5 rings (SSSR count). The second-order valence-electron chi connectivity index (χ2n) is 11.1. The summed E-state index contributed by atoms with van der Waals surface area (Å²) < 4.78 is 46.4. The summed E-state index contributed by atoms with van der Waals surface area (Å²) >= 11 is 0. The van der Waals surface area contributed by atoms with Gasteiger partial charge in [-0.1, -0.05) is 30.7 Å². The number of amides is 3. The molecule has 44 heavy (non-hydrogen) atoms. The third-order valence-electron chi connectivity index (χ3n) is 7.69. The number of benzene rings is 3. The zero-order valence-electron chi connectivity index (χ0n) is 24.9. The molecule has 2 aliphatic rings. The second-order valence-corrected chi connectivity index (χ2v) is 12.8. The van der Waals surface area contributed by atoms with Crippen molar-refractivity contribution in [3.63, 3.8) is 0 Å². The van der Waals surface area contributed by atoms with Gasteiger partial charge in [0.15, 0.2) is 17.2 Å². The quantitative estimate of drug-likeness (QED) is 0.342. The first-order valence-corrected chi connectivity index (χ1v) is 15.7. The number of rotatable bonds is 8. The van der Waals surface area contributed by atoms with Crippen molar-refractivity contribution in [3.8, 4) is 17.2 Å². The van der Waals surface area contributed by atoms with Crippen molar-refractivity contribution in [2.45, 2.75) is 37.8 Å². The number of nitrogens with one attached hydrogen (secondary N) is 2. The minimum atomic E-state index is -4.03. The number of likely N-dealkylation sites (N-methyl/N-ethyl adjacent to an activating group) is 1. The fraction of sp³-hybridized carbons (Fsp3) is 0.355. The monoisotopic (exact) mass is 624 g/mol. The van der Waals surface area contributed by atoms with Crippen LogP contribution >= 0.6 is 0 Å². The van der Waals surface area contributed by atoms with Crippen LogP contribution in [-0.4, -0.2) is 80.9 Å². The lowest BCUT2D eigenvalue weighted by atomic mass is 9.99. The van der Waals surface area contributed by atoms with Crippen LogP contribution < -0.4 is 24.2 Å². The van der Waals surface area contributed by atoms with Crippen molar-refractivity contribution >= 4 is 33.3 Å². The molecule has 0 saturated carbocycles. The fourth-order valence-electron chi connectivity index (χ4n) is 5.01. The largest absolute Gasteiger partial charge is 0.485 e. The first kappa shape index (κ1) is 31.0. The van der Waals surface area contributed by atoms with E-state index in [4.69, 9.17) is 14.2 Å². The van der Waals surface area contributed by atoms with Crippen LogP contribution in [0.2, 0.25) is 0 Å². The van der Waals surface area contributed by atoms with Crippen molar-refractivity contribution in [2.75, 3.05) is 43.6 Å². The van der Waals surface area contributed by atoms with E-state index in [0.717, 1.165) is 5.56 Å². The van der Waals surface area contributed by atoms with Crippen molar-refractivity contribution in [2.24, 2.45) is 5.92 Å². The van der Waals surface area contributed by atoms with Crippen molar-refractivity contribution < 1.29 is 37.3 Å². The molecular formula is C31H36N4O8S. The average molecular weight is 625 g/mol. The maximum absolute atomic E-state index is 13.7. The summed E-state index contributed by atoms with van der Waals surface area (Å²) in [6.45, 7) is 5.65. The molecule has 3 aromatic carbocycles. The van der Waals surface area contributed by atoms with E-state index in [1.807, 2.05) is 13.8 Å². The molecule has 0 spiro atoms. The van der Waals surface area contributed by atoms with Gasteiger partial charge >= 0.3 is 6.03 Å². The van der Waals surface area contributed by atoms with Gasteiger partial charge in [-0.2, -0.15) is 0 Å². The van der Waals surface area contributed by atoms with Gasteiger partial charge in [0.05, 0.1) is 35.3 Å². The lowest BCUT2D eigenvalue weighted by Crippen LogP contribution is -2.50. The topological polar surface area (TPSA) is 147 Å². The summed E-state index contributed by atoms with van der Waals surface area (Å²) in [5.41, 5.74) is 1.65. The normalized spacial score (nSPS) is 18.4. The van der Waals surface area contributed by atoms with Crippen LogP contribution in [0.25, 0.3) is 0 Å². The zero-order chi connectivity index (χ0) is 31.6.